The Bertz CT molecular complexity index is 2460. The Morgan fingerprint density at radius 1 is 0.530 bits per heavy atom. The van der Waals surface area contributed by atoms with Crippen molar-refractivity contribution in [2.24, 2.45) is 5.92 Å². The van der Waals surface area contributed by atoms with Crippen LogP contribution in [-0.4, -0.2) is 177 Å². The van der Waals surface area contributed by atoms with E-state index in [2.05, 4.69) is 60.5 Å². The smallest absolute Gasteiger partial charge is 0.326 e. The maximum Gasteiger partial charge on any atom is 0.326 e. The fourth-order valence-electron chi connectivity index (χ4n) is 8.28. The van der Waals surface area contributed by atoms with Gasteiger partial charge in [-0.2, -0.15) is 12.6 Å². The number of carbonyl (C=O) groups is 12. The molecule has 0 aliphatic carbocycles. The number of nitrogens with one attached hydrogen (secondary N) is 10. The van der Waals surface area contributed by atoms with Crippen molar-refractivity contribution in [3.8, 4) is 5.75 Å². The van der Waals surface area contributed by atoms with Gasteiger partial charge in [0.1, 0.15) is 60.1 Å². The van der Waals surface area contributed by atoms with Crippen molar-refractivity contribution in [3.63, 3.8) is 0 Å². The largest absolute Gasteiger partial charge is 0.508 e. The maximum atomic E-state index is 14.4. The molecule has 0 bridgehead atoms. The van der Waals surface area contributed by atoms with Crippen LogP contribution in [0.15, 0.2) is 54.6 Å². The summed E-state index contributed by atoms with van der Waals surface area (Å²) in [6, 6.07) is 2.51. The number of carbonyl (C=O) groups excluding carboxylic acids is 9. The van der Waals surface area contributed by atoms with Crippen molar-refractivity contribution >= 4 is 84.2 Å². The fraction of sp³-hybridized carbons (Fsp3) is 0.564. The lowest BCUT2D eigenvalue weighted by atomic mass is 9.99. The van der Waals surface area contributed by atoms with Gasteiger partial charge in [-0.25, -0.2) is 9.59 Å². The number of carboxylic acid groups (broad SMARTS) is 3. The highest BCUT2D eigenvalue weighted by Crippen LogP contribution is 2.15. The standard InChI is InChI=1S/C55H82N10O17S/c1-5-7-16-36(58-31-67)48(73)62-39(24-32(3)4)50(75)64-40(25-33-14-10-9-11-15-33)51(76)60-37(17-8-6-2)49(74)63-41(26-34-19-21-35(68)22-20-34)52(77)61-38(54(79)80)18-12-13-23-56-43(29-66)53(78)65-44(30-83)47(72)57-28-45(69)59-42(55(81)82)27-46(70)71/h9-11,14-15,19-22,31-32,36-44,56,66,68,83H,5-8,12-13,16-18,23-30H2,1-4H3,(H,57,72)(H,58,67)(H,59,69)(H,60,76)(H,61,77)(H,62,73)(H,63,74)(H,64,75)(H,65,78)(H,70,71)(H,79,80)(H,81,82)/t36-,37-,38-,39-,40-,41-,42-,43-,44-/m0/s1. The van der Waals surface area contributed by atoms with E-state index in [9.17, 15) is 72.9 Å². The van der Waals surface area contributed by atoms with Gasteiger partial charge in [0.25, 0.3) is 0 Å². The average Bonchev–Trinajstić information content (AvgIpc) is 3.43. The van der Waals surface area contributed by atoms with E-state index in [0.717, 1.165) is 6.42 Å². The zero-order chi connectivity index (χ0) is 62.0. The first-order valence-electron chi connectivity index (χ1n) is 27.5. The normalized spacial score (nSPS) is 14.3. The van der Waals surface area contributed by atoms with Crippen LogP contribution >= 0.6 is 12.6 Å². The number of hydrogen-bond donors (Lipinski definition) is 16. The molecule has 83 heavy (non-hydrogen) atoms. The minimum atomic E-state index is -1.77. The molecule has 0 aromatic heterocycles. The number of phenols is 1. The van der Waals surface area contributed by atoms with Gasteiger partial charge in [-0.05, 0) is 74.2 Å². The van der Waals surface area contributed by atoms with Gasteiger partial charge in [0.05, 0.1) is 19.6 Å². The number of aliphatic hydroxyl groups excluding tert-OH is 1. The number of carboxylic acids is 3. The van der Waals surface area contributed by atoms with Crippen LogP contribution in [0.3, 0.4) is 0 Å². The van der Waals surface area contributed by atoms with Gasteiger partial charge in [0.15, 0.2) is 0 Å². The molecule has 0 heterocycles. The van der Waals surface area contributed by atoms with Crippen LogP contribution in [0, 0.1) is 5.92 Å². The Labute approximate surface area is 487 Å². The van der Waals surface area contributed by atoms with Gasteiger partial charge >= 0.3 is 17.9 Å². The zero-order valence-corrected chi connectivity index (χ0v) is 48.0. The zero-order valence-electron chi connectivity index (χ0n) is 47.2. The van der Waals surface area contributed by atoms with Gasteiger partial charge in [-0.1, -0.05) is 95.8 Å². The van der Waals surface area contributed by atoms with Crippen LogP contribution in [0.25, 0.3) is 0 Å². The van der Waals surface area contributed by atoms with E-state index in [4.69, 9.17) is 10.2 Å². The van der Waals surface area contributed by atoms with E-state index in [0.29, 0.717) is 43.2 Å². The van der Waals surface area contributed by atoms with Crippen LogP contribution in [0.5, 0.6) is 5.75 Å². The third-order valence-corrected chi connectivity index (χ3v) is 13.2. The lowest BCUT2D eigenvalue weighted by Gasteiger charge is -2.28. The summed E-state index contributed by atoms with van der Waals surface area (Å²) in [6.45, 7) is 5.97. The first-order chi connectivity index (χ1) is 39.5. The lowest BCUT2D eigenvalue weighted by molar-refractivity contribution is -0.147. The summed E-state index contributed by atoms with van der Waals surface area (Å²) in [7, 11) is 0. The monoisotopic (exact) mass is 1190 g/mol. The molecule has 0 spiro atoms. The number of hydrogen-bond acceptors (Lipinski definition) is 16. The number of aliphatic carboxylic acids is 3. The Morgan fingerprint density at radius 3 is 1.52 bits per heavy atom. The van der Waals surface area contributed by atoms with Crippen molar-refractivity contribution in [2.45, 2.75) is 166 Å². The molecule has 0 saturated carbocycles. The molecular weight excluding hydrogens is 1100 g/mol. The topological polar surface area (TPSA) is 426 Å². The van der Waals surface area contributed by atoms with E-state index in [1.165, 1.54) is 24.3 Å². The summed E-state index contributed by atoms with van der Waals surface area (Å²) in [4.78, 5) is 155. The predicted octanol–water partition coefficient (Wildman–Crippen LogP) is -1.08. The van der Waals surface area contributed by atoms with E-state index in [1.807, 2.05) is 33.0 Å². The first kappa shape index (κ1) is 71.3. The third-order valence-electron chi connectivity index (χ3n) is 12.9. The van der Waals surface area contributed by atoms with Crippen molar-refractivity contribution in [3.05, 3.63) is 65.7 Å². The second-order valence-electron chi connectivity index (χ2n) is 20.2. The molecule has 15 N–H and O–H groups in total. The van der Waals surface area contributed by atoms with Gasteiger partial charge in [0, 0.05) is 18.6 Å². The molecule has 9 atom stereocenters. The third kappa shape index (κ3) is 27.7. The van der Waals surface area contributed by atoms with Crippen LogP contribution in [0.4, 0.5) is 0 Å². The van der Waals surface area contributed by atoms with Crippen LogP contribution in [0.1, 0.15) is 109 Å². The van der Waals surface area contributed by atoms with Crippen LogP contribution < -0.4 is 53.2 Å². The molecule has 2 aromatic carbocycles. The van der Waals surface area contributed by atoms with Gasteiger partial charge in [-0.3, -0.25) is 47.9 Å². The minimum Gasteiger partial charge on any atom is -0.508 e. The number of amides is 9. The van der Waals surface area contributed by atoms with Crippen LogP contribution in [-0.2, 0) is 70.4 Å². The Hall–Kier alpha value is -7.85. The maximum absolute atomic E-state index is 14.4. The van der Waals surface area contributed by atoms with Gasteiger partial charge in [-0.15, -0.1) is 0 Å². The van der Waals surface area contributed by atoms with Gasteiger partial charge in [0.2, 0.25) is 53.7 Å². The number of aromatic hydroxyl groups is 1. The Kier molecular flexibility index (Phi) is 33.3. The number of phenolic OH excluding ortho intramolecular Hbond substituents is 1. The summed E-state index contributed by atoms with van der Waals surface area (Å²) < 4.78 is 0. The SMILES string of the molecule is CCCC[C@H](NC=O)C(=O)N[C@@H](CC(C)C)C(=O)N[C@@H](Cc1ccccc1)C(=O)N[C@@H](CCCC)C(=O)N[C@@H](Cc1ccc(O)cc1)C(=O)N[C@@H](CCCCN[C@@H](CO)C(=O)N[C@@H](CS)C(=O)NCC(=O)N[C@@H](CC(=O)O)C(=O)O)C(=O)O. The molecule has 2 aromatic rings. The highest BCUT2D eigenvalue weighted by Gasteiger charge is 2.34. The molecular formula is C55H82N10O17S. The molecule has 0 aliphatic heterocycles. The summed E-state index contributed by atoms with van der Waals surface area (Å²) in [5.41, 5.74) is 1.11. The molecule has 2 rings (SSSR count). The molecule has 460 valence electrons. The average molecular weight is 1190 g/mol. The highest BCUT2D eigenvalue weighted by atomic mass is 32.1. The molecule has 9 amide bonds. The lowest BCUT2D eigenvalue weighted by Crippen LogP contribution is -2.60. The van der Waals surface area contributed by atoms with E-state index >= 15 is 0 Å². The number of aliphatic hydroxyl groups is 1. The molecule has 0 aliphatic rings. The highest BCUT2D eigenvalue weighted by molar-refractivity contribution is 7.80. The number of benzene rings is 2. The molecule has 0 radical (unpaired) electrons. The second-order valence-corrected chi connectivity index (χ2v) is 20.5. The van der Waals surface area contributed by atoms with Crippen molar-refractivity contribution < 1.29 is 83.1 Å². The predicted molar refractivity (Wildman–Crippen MR) is 304 cm³/mol. The van der Waals surface area contributed by atoms with Gasteiger partial charge < -0.3 is 78.7 Å². The summed E-state index contributed by atoms with van der Waals surface area (Å²) >= 11 is 4.05. The molecule has 0 fully saturated rings. The summed E-state index contributed by atoms with van der Waals surface area (Å²) in [5, 5.41) is 73.4. The summed E-state index contributed by atoms with van der Waals surface area (Å²) in [6.07, 6.45) is 2.40. The Balaban J connectivity index is 2.25. The van der Waals surface area contributed by atoms with Crippen molar-refractivity contribution in [1.82, 2.24) is 53.2 Å². The second kappa shape index (κ2) is 38.8. The number of unbranched alkanes of at least 4 members (excludes halogenated alkanes) is 3. The number of thiol groups is 1. The molecule has 28 heteroatoms. The Morgan fingerprint density at radius 2 is 1.00 bits per heavy atom. The van der Waals surface area contributed by atoms with E-state index in [1.54, 1.807) is 30.3 Å². The number of rotatable bonds is 42. The van der Waals surface area contributed by atoms with E-state index < -0.39 is 139 Å². The van der Waals surface area contributed by atoms with Crippen molar-refractivity contribution in [1.29, 1.82) is 0 Å². The molecule has 27 nitrogen and oxygen atoms in total. The van der Waals surface area contributed by atoms with Crippen LogP contribution in [0.2, 0.25) is 0 Å². The minimum absolute atomic E-state index is 0.0209. The fourth-order valence-corrected chi connectivity index (χ4v) is 8.54. The first-order valence-corrected chi connectivity index (χ1v) is 28.1. The molecule has 0 unspecified atom stereocenters. The quantitative estimate of drug-likeness (QED) is 0.0214. The summed E-state index contributed by atoms with van der Waals surface area (Å²) in [5.74, 6) is -11.5. The van der Waals surface area contributed by atoms with Crippen molar-refractivity contribution in [2.75, 3.05) is 25.4 Å². The molecule has 0 saturated heterocycles. The van der Waals surface area contributed by atoms with E-state index in [-0.39, 0.29) is 68.9 Å².